The predicted octanol–water partition coefficient (Wildman–Crippen LogP) is 9.08. The normalized spacial score (nSPS) is 19.4. The van der Waals surface area contributed by atoms with E-state index in [4.69, 9.17) is 32.2 Å². The Morgan fingerprint density at radius 1 is 0.469 bits per heavy atom. The van der Waals surface area contributed by atoms with Gasteiger partial charge < -0.3 is 4.74 Å². The second kappa shape index (κ2) is 9.41. The molecule has 5 rings (SSSR count). The van der Waals surface area contributed by atoms with Crippen molar-refractivity contribution in [2.45, 2.75) is 0 Å². The van der Waals surface area contributed by atoms with E-state index in [2.05, 4.69) is 0 Å². The molecule has 0 spiro atoms. The highest BCUT2D eigenvalue weighted by Crippen LogP contribution is 2.33. The summed E-state index contributed by atoms with van der Waals surface area (Å²) in [6, 6.07) is -14.4. The summed E-state index contributed by atoms with van der Waals surface area (Å²) in [6.07, 6.45) is 0. The first-order valence-electron chi connectivity index (χ1n) is 18.9. The van der Waals surface area contributed by atoms with Crippen molar-refractivity contribution in [2.75, 3.05) is 0 Å². The third-order valence-corrected chi connectivity index (χ3v) is 4.50. The maximum absolute atomic E-state index is 9.02. The van der Waals surface area contributed by atoms with Crippen LogP contribution < -0.4 is 4.74 Å². The highest BCUT2D eigenvalue weighted by Gasteiger charge is 2.07. The minimum absolute atomic E-state index is 0.179. The molecule has 32 heavy (non-hydrogen) atoms. The summed E-state index contributed by atoms with van der Waals surface area (Å²) in [6.45, 7) is 0. The summed E-state index contributed by atoms with van der Waals surface area (Å²) >= 11 is 1.57. The second-order valence-corrected chi connectivity index (χ2v) is 7.12. The van der Waals surface area contributed by atoms with Crippen LogP contribution in [-0.2, 0) is 0 Å². The van der Waals surface area contributed by atoms with Gasteiger partial charge in [-0.1, -0.05) is 90.6 Å². The molecule has 0 atom stereocenters. The van der Waals surface area contributed by atoms with Crippen LogP contribution in [0, 0.1) is 3.57 Å². The molecule has 0 saturated heterocycles. The Hall–Kier alpha value is -3.37. The summed E-state index contributed by atoms with van der Waals surface area (Å²) in [5.74, 6) is -1.32. The lowest BCUT2D eigenvalue weighted by Gasteiger charge is -2.11. The lowest BCUT2D eigenvalue weighted by molar-refractivity contribution is 0.483. The van der Waals surface area contributed by atoms with Crippen LogP contribution >= 0.6 is 22.6 Å². The molecule has 0 aliphatic carbocycles. The maximum Gasteiger partial charge on any atom is 0.129 e. The Balaban J connectivity index is 1.82. The van der Waals surface area contributed by atoms with Crippen LogP contribution in [0.4, 0.5) is 0 Å². The SMILES string of the molecule is [2H]c1c([2H])c([2H])c(-c2c([2H])c([2H])c([2H])c(Oc3cc(-c4c([2H])c([2H])c([2H])c(-c5c([2H])c([2H])c([2H])c([2H])c5[2H])c4[2H])c([2H])c(I)c3[2H])c2[2H])c([2H])c1[2H]. The first kappa shape index (κ1) is 7.89. The van der Waals surface area contributed by atoms with Gasteiger partial charge in [0.1, 0.15) is 11.5 Å². The van der Waals surface area contributed by atoms with E-state index in [0.29, 0.717) is 0 Å². The molecule has 154 valence electrons. The van der Waals surface area contributed by atoms with Crippen molar-refractivity contribution in [1.82, 2.24) is 0 Å². The van der Waals surface area contributed by atoms with Gasteiger partial charge in [0.25, 0.3) is 0 Å². The molecule has 0 fully saturated rings. The molecule has 0 amide bonds. The van der Waals surface area contributed by atoms with Gasteiger partial charge in [0, 0.05) is 3.57 Å². The van der Waals surface area contributed by atoms with Crippen LogP contribution in [0.15, 0.2) is 127 Å². The largest absolute Gasteiger partial charge is 0.457 e. The van der Waals surface area contributed by atoms with Crippen molar-refractivity contribution in [2.24, 2.45) is 0 Å². The zero-order valence-corrected chi connectivity index (χ0v) is 18.0. The van der Waals surface area contributed by atoms with E-state index < -0.39 is 160 Å². The van der Waals surface area contributed by atoms with Gasteiger partial charge in [0.2, 0.25) is 0 Å². The van der Waals surface area contributed by atoms with Gasteiger partial charge in [-0.05, 0) is 92.3 Å². The highest BCUT2D eigenvalue weighted by atomic mass is 127. The molecular weight excluding hydrogens is 503 g/mol. The van der Waals surface area contributed by atoms with Gasteiger partial charge in [-0.3, -0.25) is 0 Å². The van der Waals surface area contributed by atoms with Crippen LogP contribution in [0.25, 0.3) is 33.4 Å². The lowest BCUT2D eigenvalue weighted by Crippen LogP contribution is -1.88. The fraction of sp³-hybridized carbons (Fsp3) is 0. The van der Waals surface area contributed by atoms with Crippen LogP contribution in [0.5, 0.6) is 11.5 Å². The number of benzene rings is 5. The van der Waals surface area contributed by atoms with Gasteiger partial charge in [0.05, 0.1) is 27.4 Å². The number of hydrogen-bond donors (Lipinski definition) is 0. The van der Waals surface area contributed by atoms with E-state index in [9.17, 15) is 0 Å². The van der Waals surface area contributed by atoms with Gasteiger partial charge in [0.15, 0.2) is 0 Å². The smallest absolute Gasteiger partial charge is 0.129 e. The van der Waals surface area contributed by atoms with Gasteiger partial charge in [-0.2, -0.15) is 0 Å². The molecule has 0 saturated carbocycles. The summed E-state index contributed by atoms with van der Waals surface area (Å²) in [5.41, 5.74) is -3.33. The first-order valence-corrected chi connectivity index (χ1v) is 10.0. The first-order chi connectivity index (χ1) is 24.1. The molecule has 1 nitrogen and oxygen atoms in total. The van der Waals surface area contributed by atoms with Gasteiger partial charge in [-0.25, -0.2) is 0 Å². The molecule has 2 heteroatoms. The number of ether oxygens (including phenoxy) is 1. The molecule has 0 aliphatic heterocycles. The molecule has 0 N–H and O–H groups in total. The Bertz CT molecular complexity index is 2350. The van der Waals surface area contributed by atoms with E-state index in [-0.39, 0.29) is 9.13 Å². The third-order valence-electron chi connectivity index (χ3n) is 3.96. The minimum Gasteiger partial charge on any atom is -0.457 e. The predicted molar refractivity (Wildman–Crippen MR) is 142 cm³/mol. The zero-order chi connectivity index (χ0) is 39.2. The third kappa shape index (κ3) is 4.76. The average Bonchev–Trinajstić information content (AvgIpc) is 3.11. The number of hydrogen-bond acceptors (Lipinski definition) is 1. The molecule has 0 unspecified atom stereocenters. The van der Waals surface area contributed by atoms with Crippen molar-refractivity contribution in [3.8, 4) is 44.9 Å². The molecule has 0 aliphatic rings. The van der Waals surface area contributed by atoms with E-state index in [1.54, 1.807) is 22.6 Å². The van der Waals surface area contributed by atoms with E-state index >= 15 is 0 Å². The van der Waals surface area contributed by atoms with Crippen LogP contribution in [-0.4, -0.2) is 0 Å². The zero-order valence-electron chi connectivity index (χ0n) is 35.9. The molecular formula is C30H21IO. The van der Waals surface area contributed by atoms with Crippen molar-refractivity contribution >= 4 is 22.6 Å². The summed E-state index contributed by atoms with van der Waals surface area (Å²) in [7, 11) is 0. The Morgan fingerprint density at radius 3 is 1.66 bits per heavy atom. The summed E-state index contributed by atoms with van der Waals surface area (Å²) in [4.78, 5) is 0. The van der Waals surface area contributed by atoms with E-state index in [1.165, 1.54) is 0 Å². The van der Waals surface area contributed by atoms with Crippen molar-refractivity contribution in [3.63, 3.8) is 0 Å². The molecule has 0 bridgehead atoms. The molecule has 0 heterocycles. The Kier molecular flexibility index (Phi) is 2.32. The number of rotatable bonds is 5. The van der Waals surface area contributed by atoms with Crippen LogP contribution in [0.1, 0.15) is 27.4 Å². The van der Waals surface area contributed by atoms with Crippen molar-refractivity contribution in [3.05, 3.63) is 130 Å². The average molecular weight is 545 g/mol. The van der Waals surface area contributed by atoms with Crippen molar-refractivity contribution in [1.29, 1.82) is 0 Å². The Labute approximate surface area is 230 Å². The Morgan fingerprint density at radius 2 is 1.00 bits per heavy atom. The molecule has 0 radical (unpaired) electrons. The standard InChI is InChI=1S/C30H21IO/c31-28-18-27(25-14-7-13-24(17-25)22-9-3-1-4-10-22)20-30(21-28)32-29-16-8-15-26(19-29)23-11-5-2-6-12-23/h1-21H/i1D,2D,3D,4D,5D,6D,7D,8D,9D,10D,11D,12D,13D,14D,15D,16D,17D,18D,19D,21D. The maximum atomic E-state index is 9.02. The molecule has 0 aromatic heterocycles. The highest BCUT2D eigenvalue weighted by molar-refractivity contribution is 14.1. The van der Waals surface area contributed by atoms with Crippen molar-refractivity contribution < 1.29 is 32.2 Å². The fourth-order valence-electron chi connectivity index (χ4n) is 2.62. The quantitative estimate of drug-likeness (QED) is 0.201. The van der Waals surface area contributed by atoms with Gasteiger partial charge >= 0.3 is 0 Å². The summed E-state index contributed by atoms with van der Waals surface area (Å²) < 4.78 is 173. The number of halogens is 1. The van der Waals surface area contributed by atoms with Crippen LogP contribution in [0.2, 0.25) is 0 Å². The van der Waals surface area contributed by atoms with Gasteiger partial charge in [-0.15, -0.1) is 0 Å². The van der Waals surface area contributed by atoms with Crippen LogP contribution in [0.3, 0.4) is 0 Å². The monoisotopic (exact) mass is 544 g/mol. The van der Waals surface area contributed by atoms with E-state index in [1.807, 2.05) is 0 Å². The topological polar surface area (TPSA) is 9.23 Å². The minimum atomic E-state index is -0.860. The lowest BCUT2D eigenvalue weighted by atomic mass is 9.99. The molecule has 5 aromatic rings. The second-order valence-electron chi connectivity index (χ2n) is 6.04. The fourth-order valence-corrected chi connectivity index (χ4v) is 3.17. The summed E-state index contributed by atoms with van der Waals surface area (Å²) in [5, 5.41) is 0. The van der Waals surface area contributed by atoms with E-state index in [0.717, 1.165) is 6.07 Å². The molecule has 5 aromatic carbocycles.